The Bertz CT molecular complexity index is 482. The fourth-order valence-electron chi connectivity index (χ4n) is 1.20. The van der Waals surface area contributed by atoms with Crippen molar-refractivity contribution < 1.29 is 0 Å². The first-order valence-corrected chi connectivity index (χ1v) is 4.70. The number of H-pyrrole nitrogens is 1. The van der Waals surface area contributed by atoms with Crippen molar-refractivity contribution in [2.75, 3.05) is 0 Å². The second-order valence-corrected chi connectivity index (χ2v) is 2.87. The number of aromatic nitrogens is 3. The Hall–Kier alpha value is -1.58. The molecule has 4 heteroatoms. The van der Waals surface area contributed by atoms with Crippen LogP contribution in [0.4, 0.5) is 0 Å². The number of nitrogens with one attached hydrogen (secondary N) is 1. The summed E-state index contributed by atoms with van der Waals surface area (Å²) in [6.07, 6.45) is 1.73. The zero-order chi connectivity index (χ0) is 10.7. The summed E-state index contributed by atoms with van der Waals surface area (Å²) in [6, 6.07) is 1.93. The second-order valence-electron chi connectivity index (χ2n) is 2.87. The number of aryl methyl sites for hydroxylation is 2. The van der Waals surface area contributed by atoms with Crippen molar-refractivity contribution in [1.29, 1.82) is 0 Å². The third kappa shape index (κ3) is 1.69. The maximum atomic E-state index is 11.1. The fourth-order valence-corrected chi connectivity index (χ4v) is 1.20. The Morgan fingerprint density at radius 2 is 2.07 bits per heavy atom. The molecule has 4 nitrogen and oxygen atoms in total. The van der Waals surface area contributed by atoms with Gasteiger partial charge in [-0.05, 0) is 18.6 Å². The molecule has 0 amide bonds. The van der Waals surface area contributed by atoms with Crippen LogP contribution in [-0.4, -0.2) is 14.5 Å². The summed E-state index contributed by atoms with van der Waals surface area (Å²) in [5.41, 5.74) is 2.42. The maximum Gasteiger partial charge on any atom is 0.327 e. The summed E-state index contributed by atoms with van der Waals surface area (Å²) < 4.78 is 1.55. The highest BCUT2D eigenvalue weighted by molar-refractivity contribution is 5.70. The van der Waals surface area contributed by atoms with Gasteiger partial charge in [-0.3, -0.25) is 9.55 Å². The van der Waals surface area contributed by atoms with Crippen molar-refractivity contribution in [2.24, 2.45) is 7.05 Å². The van der Waals surface area contributed by atoms with Gasteiger partial charge in [0.05, 0.1) is 5.52 Å². The molecule has 0 radical (unpaired) electrons. The van der Waals surface area contributed by atoms with Gasteiger partial charge in [-0.1, -0.05) is 13.8 Å². The van der Waals surface area contributed by atoms with Gasteiger partial charge in [0, 0.05) is 13.2 Å². The second kappa shape index (κ2) is 4.09. The van der Waals surface area contributed by atoms with Crippen LogP contribution in [0.15, 0.2) is 17.1 Å². The van der Waals surface area contributed by atoms with E-state index in [-0.39, 0.29) is 5.69 Å². The molecule has 14 heavy (non-hydrogen) atoms. The summed E-state index contributed by atoms with van der Waals surface area (Å²) in [6.45, 7) is 5.95. The lowest BCUT2D eigenvalue weighted by Gasteiger charge is -1.93. The molecule has 2 rings (SSSR count). The van der Waals surface area contributed by atoms with Crippen molar-refractivity contribution >= 4 is 11.2 Å². The van der Waals surface area contributed by atoms with Gasteiger partial charge in [0.1, 0.15) is 0 Å². The van der Waals surface area contributed by atoms with Crippen LogP contribution in [0.25, 0.3) is 11.2 Å². The van der Waals surface area contributed by atoms with Crippen LogP contribution >= 0.6 is 0 Å². The third-order valence-electron chi connectivity index (χ3n) is 1.90. The van der Waals surface area contributed by atoms with E-state index in [1.807, 2.05) is 26.8 Å². The lowest BCUT2D eigenvalue weighted by atomic mass is 10.3. The number of aromatic amines is 1. The van der Waals surface area contributed by atoms with Crippen LogP contribution in [0.2, 0.25) is 0 Å². The molecule has 0 aliphatic heterocycles. The number of hydrogen-bond donors (Lipinski definition) is 1. The van der Waals surface area contributed by atoms with Crippen molar-refractivity contribution in [3.63, 3.8) is 0 Å². The lowest BCUT2D eigenvalue weighted by Crippen LogP contribution is -2.11. The molecule has 2 aromatic rings. The summed E-state index contributed by atoms with van der Waals surface area (Å²) in [7, 11) is 1.72. The van der Waals surface area contributed by atoms with E-state index in [9.17, 15) is 4.79 Å². The molecule has 1 N–H and O–H groups in total. The van der Waals surface area contributed by atoms with Crippen molar-refractivity contribution in [3.05, 3.63) is 28.3 Å². The quantitative estimate of drug-likeness (QED) is 0.690. The maximum absolute atomic E-state index is 11.1. The minimum absolute atomic E-state index is 0.122. The van der Waals surface area contributed by atoms with E-state index in [1.165, 1.54) is 0 Å². The van der Waals surface area contributed by atoms with Crippen LogP contribution in [-0.2, 0) is 7.05 Å². The molecule has 0 atom stereocenters. The summed E-state index contributed by atoms with van der Waals surface area (Å²) >= 11 is 0. The van der Waals surface area contributed by atoms with E-state index in [0.29, 0.717) is 5.65 Å². The normalized spacial score (nSPS) is 9.71. The zero-order valence-electron chi connectivity index (χ0n) is 8.96. The summed E-state index contributed by atoms with van der Waals surface area (Å²) in [5, 5.41) is 0. The fraction of sp³-hybridized carbons (Fsp3) is 0.400. The Kier molecular flexibility index (Phi) is 3.06. The minimum atomic E-state index is -0.122. The molecule has 2 aromatic heterocycles. The molecule has 0 unspecified atom stereocenters. The number of fused-ring (bicyclic) bond motifs is 1. The Morgan fingerprint density at radius 1 is 1.43 bits per heavy atom. The van der Waals surface area contributed by atoms with Crippen molar-refractivity contribution in [1.82, 2.24) is 14.5 Å². The smallest absolute Gasteiger partial charge is 0.294 e. The highest BCUT2D eigenvalue weighted by Gasteiger charge is 2.02. The van der Waals surface area contributed by atoms with Gasteiger partial charge in [-0.2, -0.15) is 0 Å². The van der Waals surface area contributed by atoms with E-state index >= 15 is 0 Å². The number of rotatable bonds is 0. The van der Waals surface area contributed by atoms with E-state index in [1.54, 1.807) is 17.8 Å². The van der Waals surface area contributed by atoms with Crippen molar-refractivity contribution in [2.45, 2.75) is 20.8 Å². The summed E-state index contributed by atoms with van der Waals surface area (Å²) in [5.74, 6) is 0. The van der Waals surface area contributed by atoms with Crippen LogP contribution in [0.5, 0.6) is 0 Å². The van der Waals surface area contributed by atoms with Gasteiger partial charge < -0.3 is 0 Å². The monoisotopic (exact) mass is 193 g/mol. The first-order chi connectivity index (χ1) is 6.68. The van der Waals surface area contributed by atoms with E-state index in [0.717, 1.165) is 11.1 Å². The first kappa shape index (κ1) is 10.5. The van der Waals surface area contributed by atoms with E-state index in [4.69, 9.17) is 0 Å². The number of pyridine rings is 1. The number of hydrogen-bond acceptors (Lipinski definition) is 2. The third-order valence-corrected chi connectivity index (χ3v) is 1.90. The van der Waals surface area contributed by atoms with Gasteiger partial charge in [-0.15, -0.1) is 0 Å². The van der Waals surface area contributed by atoms with Crippen LogP contribution in [0.1, 0.15) is 19.4 Å². The molecule has 2 heterocycles. The molecule has 76 valence electrons. The highest BCUT2D eigenvalue weighted by atomic mass is 16.1. The number of nitrogens with zero attached hydrogens (tertiary/aromatic N) is 2. The van der Waals surface area contributed by atoms with Crippen LogP contribution < -0.4 is 5.69 Å². The molecular formula is C10H15N3O. The molecule has 0 saturated heterocycles. The Morgan fingerprint density at radius 3 is 2.71 bits per heavy atom. The van der Waals surface area contributed by atoms with Crippen molar-refractivity contribution in [3.8, 4) is 0 Å². The molecule has 0 saturated carbocycles. The Labute approximate surface area is 82.6 Å². The van der Waals surface area contributed by atoms with Gasteiger partial charge in [-0.25, -0.2) is 9.78 Å². The first-order valence-electron chi connectivity index (χ1n) is 4.70. The average Bonchev–Trinajstić information content (AvgIpc) is 2.48. The van der Waals surface area contributed by atoms with Gasteiger partial charge in [0.2, 0.25) is 0 Å². The molecular weight excluding hydrogens is 178 g/mol. The van der Waals surface area contributed by atoms with Gasteiger partial charge in [0.25, 0.3) is 0 Å². The van der Waals surface area contributed by atoms with Crippen LogP contribution in [0, 0.1) is 6.92 Å². The predicted octanol–water partition coefficient (Wildman–Crippen LogP) is 1.60. The van der Waals surface area contributed by atoms with Gasteiger partial charge in [0.15, 0.2) is 5.65 Å². The largest absolute Gasteiger partial charge is 0.327 e. The van der Waals surface area contributed by atoms with Crippen LogP contribution in [0.3, 0.4) is 0 Å². The molecule has 0 bridgehead atoms. The van der Waals surface area contributed by atoms with Gasteiger partial charge >= 0.3 is 5.69 Å². The number of imidazole rings is 1. The Balaban J connectivity index is 0.000000461. The molecule has 0 fully saturated rings. The molecule has 0 aliphatic rings. The standard InChI is InChI=1S/C8H9N3O.C2H6/c1-5-3-6-7(9-4-5)10-8(12)11(6)2;1-2/h3-4H,1-2H3,(H,9,10,12);1-2H3. The summed E-state index contributed by atoms with van der Waals surface area (Å²) in [4.78, 5) is 17.9. The van der Waals surface area contributed by atoms with E-state index in [2.05, 4.69) is 9.97 Å². The van der Waals surface area contributed by atoms with E-state index < -0.39 is 0 Å². The molecule has 0 aromatic carbocycles. The lowest BCUT2D eigenvalue weighted by molar-refractivity contribution is 0.891. The average molecular weight is 193 g/mol. The SMILES string of the molecule is CC.Cc1cnc2[nH]c(=O)n(C)c2c1. The predicted molar refractivity (Wildman–Crippen MR) is 57.4 cm³/mol. The minimum Gasteiger partial charge on any atom is -0.294 e. The topological polar surface area (TPSA) is 50.7 Å². The molecule has 0 spiro atoms. The highest BCUT2D eigenvalue weighted by Crippen LogP contribution is 2.06. The zero-order valence-corrected chi connectivity index (χ0v) is 8.96. The molecule has 0 aliphatic carbocycles.